The number of carbonyl (C=O) groups is 1. The SMILES string of the molecule is CC(NC(=O)C1(CN)CCOCC1)C(C)(C)C. The first kappa shape index (κ1) is 14.5. The lowest BCUT2D eigenvalue weighted by atomic mass is 9.78. The minimum atomic E-state index is -0.419. The Morgan fingerprint density at radius 3 is 2.35 bits per heavy atom. The second-order valence-electron chi connectivity index (χ2n) is 6.16. The van der Waals surface area contributed by atoms with E-state index in [0.29, 0.717) is 19.8 Å². The van der Waals surface area contributed by atoms with E-state index in [1.54, 1.807) is 0 Å². The summed E-state index contributed by atoms with van der Waals surface area (Å²) in [4.78, 5) is 12.4. The average molecular weight is 242 g/mol. The largest absolute Gasteiger partial charge is 0.381 e. The molecule has 3 N–H and O–H groups in total. The number of amides is 1. The van der Waals surface area contributed by atoms with Gasteiger partial charge in [0, 0.05) is 25.8 Å². The second kappa shape index (κ2) is 5.36. The van der Waals surface area contributed by atoms with E-state index in [1.165, 1.54) is 0 Å². The Labute approximate surface area is 104 Å². The summed E-state index contributed by atoms with van der Waals surface area (Å²) < 4.78 is 5.31. The molecule has 1 heterocycles. The van der Waals surface area contributed by atoms with Crippen molar-refractivity contribution in [1.82, 2.24) is 5.32 Å². The Bertz CT molecular complexity index is 265. The van der Waals surface area contributed by atoms with Gasteiger partial charge in [-0.3, -0.25) is 4.79 Å². The highest BCUT2D eigenvalue weighted by Crippen LogP contribution is 2.30. The van der Waals surface area contributed by atoms with Gasteiger partial charge in [0.2, 0.25) is 5.91 Å². The van der Waals surface area contributed by atoms with Gasteiger partial charge in [-0.15, -0.1) is 0 Å². The second-order valence-corrected chi connectivity index (χ2v) is 6.16. The summed E-state index contributed by atoms with van der Waals surface area (Å²) >= 11 is 0. The van der Waals surface area contributed by atoms with E-state index in [2.05, 4.69) is 26.1 Å². The molecule has 1 atom stereocenters. The van der Waals surface area contributed by atoms with Gasteiger partial charge in [-0.25, -0.2) is 0 Å². The highest BCUT2D eigenvalue weighted by atomic mass is 16.5. The van der Waals surface area contributed by atoms with Crippen molar-refractivity contribution < 1.29 is 9.53 Å². The number of rotatable bonds is 3. The van der Waals surface area contributed by atoms with Crippen LogP contribution in [0.4, 0.5) is 0 Å². The molecule has 1 aliphatic rings. The van der Waals surface area contributed by atoms with Crippen LogP contribution in [0.1, 0.15) is 40.5 Å². The maximum absolute atomic E-state index is 12.4. The predicted molar refractivity (Wildman–Crippen MR) is 68.6 cm³/mol. The minimum absolute atomic E-state index is 0.0661. The Balaban J connectivity index is 2.67. The number of hydrogen-bond acceptors (Lipinski definition) is 3. The normalized spacial score (nSPS) is 21.9. The van der Waals surface area contributed by atoms with Crippen LogP contribution in [-0.2, 0) is 9.53 Å². The molecule has 0 radical (unpaired) electrons. The molecule has 1 aliphatic heterocycles. The Hall–Kier alpha value is -0.610. The molecule has 100 valence electrons. The van der Waals surface area contributed by atoms with Gasteiger partial charge in [-0.05, 0) is 25.2 Å². The minimum Gasteiger partial charge on any atom is -0.381 e. The number of carbonyl (C=O) groups excluding carboxylic acids is 1. The van der Waals surface area contributed by atoms with Gasteiger partial charge < -0.3 is 15.8 Å². The lowest BCUT2D eigenvalue weighted by molar-refractivity contribution is -0.137. The number of hydrogen-bond donors (Lipinski definition) is 2. The fourth-order valence-electron chi connectivity index (χ4n) is 1.85. The molecule has 1 fully saturated rings. The van der Waals surface area contributed by atoms with Crippen LogP contribution >= 0.6 is 0 Å². The zero-order valence-electron chi connectivity index (χ0n) is 11.5. The van der Waals surface area contributed by atoms with Crippen molar-refractivity contribution in [3.63, 3.8) is 0 Å². The summed E-state index contributed by atoms with van der Waals surface area (Å²) in [6.45, 7) is 10.1. The van der Waals surface area contributed by atoms with Crippen LogP contribution in [0.3, 0.4) is 0 Å². The maximum atomic E-state index is 12.4. The first-order valence-corrected chi connectivity index (χ1v) is 6.41. The van der Waals surface area contributed by atoms with Crippen molar-refractivity contribution in [2.24, 2.45) is 16.6 Å². The fourth-order valence-corrected chi connectivity index (χ4v) is 1.85. The molecular weight excluding hydrogens is 216 g/mol. The van der Waals surface area contributed by atoms with Crippen LogP contribution in [0, 0.1) is 10.8 Å². The van der Waals surface area contributed by atoms with Gasteiger partial charge >= 0.3 is 0 Å². The fraction of sp³-hybridized carbons (Fsp3) is 0.923. The van der Waals surface area contributed by atoms with Crippen LogP contribution in [0.2, 0.25) is 0 Å². The third-order valence-corrected chi connectivity index (χ3v) is 3.97. The molecule has 4 nitrogen and oxygen atoms in total. The molecule has 1 unspecified atom stereocenters. The van der Waals surface area contributed by atoms with Crippen molar-refractivity contribution >= 4 is 5.91 Å². The third kappa shape index (κ3) is 3.42. The molecular formula is C13H26N2O2. The molecule has 17 heavy (non-hydrogen) atoms. The third-order valence-electron chi connectivity index (χ3n) is 3.97. The summed E-state index contributed by atoms with van der Waals surface area (Å²) in [6.07, 6.45) is 1.46. The topological polar surface area (TPSA) is 64.4 Å². The molecule has 4 heteroatoms. The van der Waals surface area contributed by atoms with Crippen molar-refractivity contribution in [3.8, 4) is 0 Å². The van der Waals surface area contributed by atoms with Crippen molar-refractivity contribution in [1.29, 1.82) is 0 Å². The lowest BCUT2D eigenvalue weighted by Gasteiger charge is -2.37. The smallest absolute Gasteiger partial charge is 0.227 e. The van der Waals surface area contributed by atoms with E-state index in [4.69, 9.17) is 10.5 Å². The zero-order chi connectivity index (χ0) is 13.1. The van der Waals surface area contributed by atoms with E-state index in [0.717, 1.165) is 12.8 Å². The lowest BCUT2D eigenvalue weighted by Crippen LogP contribution is -2.53. The molecule has 1 rings (SSSR count). The molecule has 0 aromatic carbocycles. The summed E-state index contributed by atoms with van der Waals surface area (Å²) in [5.41, 5.74) is 5.45. The van der Waals surface area contributed by atoms with E-state index in [-0.39, 0.29) is 17.4 Å². The first-order valence-electron chi connectivity index (χ1n) is 6.41. The Kier molecular flexibility index (Phi) is 4.55. The summed E-state index contributed by atoms with van der Waals surface area (Å²) in [5.74, 6) is 0.0886. The highest BCUT2D eigenvalue weighted by molar-refractivity contribution is 5.83. The van der Waals surface area contributed by atoms with Gasteiger partial charge in [0.25, 0.3) is 0 Å². The molecule has 1 amide bonds. The molecule has 0 saturated carbocycles. The van der Waals surface area contributed by atoms with Gasteiger partial charge in [-0.1, -0.05) is 20.8 Å². The van der Waals surface area contributed by atoms with Crippen LogP contribution in [-0.4, -0.2) is 31.7 Å². The van der Waals surface area contributed by atoms with Crippen molar-refractivity contribution in [2.45, 2.75) is 46.6 Å². The molecule has 0 aromatic rings. The summed E-state index contributed by atoms with van der Waals surface area (Å²) in [7, 11) is 0. The van der Waals surface area contributed by atoms with Crippen LogP contribution in [0.15, 0.2) is 0 Å². The number of nitrogens with two attached hydrogens (primary N) is 1. The predicted octanol–water partition coefficient (Wildman–Crippen LogP) is 1.29. The van der Waals surface area contributed by atoms with E-state index in [1.807, 2.05) is 6.92 Å². The molecule has 0 aromatic heterocycles. The summed E-state index contributed by atoms with van der Waals surface area (Å²) in [5, 5.41) is 3.11. The molecule has 1 saturated heterocycles. The first-order chi connectivity index (χ1) is 7.82. The number of nitrogens with one attached hydrogen (secondary N) is 1. The molecule has 0 spiro atoms. The number of ether oxygens (including phenoxy) is 1. The summed E-state index contributed by atoms with van der Waals surface area (Å²) in [6, 6.07) is 0.140. The van der Waals surface area contributed by atoms with Crippen LogP contribution in [0.5, 0.6) is 0 Å². The maximum Gasteiger partial charge on any atom is 0.227 e. The zero-order valence-corrected chi connectivity index (χ0v) is 11.5. The van der Waals surface area contributed by atoms with Gasteiger partial charge in [0.1, 0.15) is 0 Å². The van der Waals surface area contributed by atoms with Crippen LogP contribution < -0.4 is 11.1 Å². The van der Waals surface area contributed by atoms with Crippen molar-refractivity contribution in [2.75, 3.05) is 19.8 Å². The molecule has 0 bridgehead atoms. The average Bonchev–Trinajstić information content (AvgIpc) is 2.28. The van der Waals surface area contributed by atoms with E-state index >= 15 is 0 Å². The quantitative estimate of drug-likeness (QED) is 0.784. The van der Waals surface area contributed by atoms with Gasteiger partial charge in [0.15, 0.2) is 0 Å². The molecule has 0 aliphatic carbocycles. The highest BCUT2D eigenvalue weighted by Gasteiger charge is 2.40. The van der Waals surface area contributed by atoms with Crippen LogP contribution in [0.25, 0.3) is 0 Å². The van der Waals surface area contributed by atoms with E-state index < -0.39 is 5.41 Å². The van der Waals surface area contributed by atoms with Crippen molar-refractivity contribution in [3.05, 3.63) is 0 Å². The van der Waals surface area contributed by atoms with Gasteiger partial charge in [-0.2, -0.15) is 0 Å². The standard InChI is InChI=1S/C13H26N2O2/c1-10(12(2,3)4)15-11(16)13(9-14)5-7-17-8-6-13/h10H,5-9,14H2,1-4H3,(H,15,16). The monoisotopic (exact) mass is 242 g/mol. The van der Waals surface area contributed by atoms with E-state index in [9.17, 15) is 4.79 Å². The van der Waals surface area contributed by atoms with Gasteiger partial charge in [0.05, 0.1) is 5.41 Å². The Morgan fingerprint density at radius 1 is 1.41 bits per heavy atom. The Morgan fingerprint density at radius 2 is 1.94 bits per heavy atom.